The van der Waals surface area contributed by atoms with Gasteiger partial charge in [-0.1, -0.05) is 89.9 Å². The molecule has 0 aliphatic heterocycles. The van der Waals surface area contributed by atoms with Crippen molar-refractivity contribution in [3.63, 3.8) is 0 Å². The van der Waals surface area contributed by atoms with E-state index in [0.717, 1.165) is 11.8 Å². The molecule has 0 aromatic carbocycles. The fourth-order valence-electron chi connectivity index (χ4n) is 3.48. The molecule has 0 bridgehead atoms. The van der Waals surface area contributed by atoms with E-state index in [1.165, 1.54) is 51.4 Å². The third-order valence-corrected chi connectivity index (χ3v) is 4.92. The zero-order chi connectivity index (χ0) is 11.1. The van der Waals surface area contributed by atoms with Gasteiger partial charge in [-0.25, -0.2) is 0 Å². The van der Waals surface area contributed by atoms with Gasteiger partial charge in [0.2, 0.25) is 0 Å². The maximum atomic E-state index is 1.55. The van der Waals surface area contributed by atoms with Crippen LogP contribution in [0.3, 0.4) is 0 Å². The van der Waals surface area contributed by atoms with Crippen LogP contribution in [0.25, 0.3) is 0 Å². The van der Waals surface area contributed by atoms with Gasteiger partial charge in [-0.15, -0.1) is 0 Å². The van der Waals surface area contributed by atoms with E-state index < -0.39 is 0 Å². The monoisotopic (exact) mass is 222 g/mol. The molecule has 2 saturated carbocycles. The molecule has 0 radical (unpaired) electrons. The normalized spacial score (nSPS) is 23.2. The topological polar surface area (TPSA) is 0 Å². The van der Waals surface area contributed by atoms with Gasteiger partial charge < -0.3 is 0 Å². The van der Waals surface area contributed by atoms with Gasteiger partial charge >= 0.3 is 0 Å². The van der Waals surface area contributed by atoms with Crippen LogP contribution in [-0.4, -0.2) is 0 Å². The highest BCUT2D eigenvalue weighted by molar-refractivity contribution is 4.69. The van der Waals surface area contributed by atoms with E-state index in [1.54, 1.807) is 38.5 Å². The Kier molecular flexibility index (Phi) is 5.72. The molecule has 2 aliphatic rings. The average molecular weight is 222 g/mol. The Labute approximate surface area is 102 Å². The van der Waals surface area contributed by atoms with E-state index in [4.69, 9.17) is 0 Å². The molecule has 2 rings (SSSR count). The molecule has 0 heteroatoms. The average Bonchev–Trinajstić information content (AvgIpc) is 2.27. The Morgan fingerprint density at radius 3 is 1.44 bits per heavy atom. The molecule has 0 spiro atoms. The number of unbranched alkanes of at least 4 members (excludes halogenated alkanes) is 3. The summed E-state index contributed by atoms with van der Waals surface area (Å²) >= 11 is 0. The number of hydrogen-bond donors (Lipinski definition) is 0. The zero-order valence-corrected chi connectivity index (χ0v) is 11.1. The highest BCUT2D eigenvalue weighted by Gasteiger charge is 2.16. The second kappa shape index (κ2) is 7.35. The van der Waals surface area contributed by atoms with Gasteiger partial charge in [0, 0.05) is 0 Å². The molecule has 0 saturated heterocycles. The van der Waals surface area contributed by atoms with E-state index in [0.29, 0.717) is 0 Å². The molecule has 0 atom stereocenters. The number of hydrogen-bond acceptors (Lipinski definition) is 0. The molecule has 2 fully saturated rings. The molecular weight excluding hydrogens is 192 g/mol. The maximum absolute atomic E-state index is 1.55. The van der Waals surface area contributed by atoms with Crippen LogP contribution < -0.4 is 0 Å². The Balaban J connectivity index is 1.36. The van der Waals surface area contributed by atoms with E-state index in [9.17, 15) is 0 Å². The Hall–Kier alpha value is 0. The molecule has 2 aliphatic carbocycles. The molecule has 0 unspecified atom stereocenters. The van der Waals surface area contributed by atoms with E-state index >= 15 is 0 Å². The van der Waals surface area contributed by atoms with Crippen LogP contribution in [-0.2, 0) is 0 Å². The summed E-state index contributed by atoms with van der Waals surface area (Å²) in [5.74, 6) is 2.25. The minimum atomic E-state index is 1.11. The molecule has 0 aromatic rings. The molecule has 94 valence electrons. The van der Waals surface area contributed by atoms with E-state index in [1.807, 2.05) is 0 Å². The number of rotatable bonds is 7. The molecule has 0 N–H and O–H groups in total. The summed E-state index contributed by atoms with van der Waals surface area (Å²) in [5, 5.41) is 0. The summed E-state index contributed by atoms with van der Waals surface area (Å²) in [4.78, 5) is 0. The van der Waals surface area contributed by atoms with Crippen molar-refractivity contribution in [1.29, 1.82) is 0 Å². The Bertz CT molecular complexity index is 163. The standard InChI is InChI=1S/C16H30/c1(2-5-10-16-13-8-14-16)4-9-15-11-6-3-7-12-15/h15-16H,1-14H2. The second-order valence-electron chi connectivity index (χ2n) is 6.29. The Morgan fingerprint density at radius 2 is 1.00 bits per heavy atom. The lowest BCUT2D eigenvalue weighted by molar-refractivity contribution is 0.284. The predicted octanol–water partition coefficient (Wildman–Crippen LogP) is 5.71. The van der Waals surface area contributed by atoms with Gasteiger partial charge in [-0.05, 0) is 11.8 Å². The molecule has 0 aromatic heterocycles. The first kappa shape index (κ1) is 12.5. The molecular formula is C16H30. The molecule has 0 heterocycles. The van der Waals surface area contributed by atoms with Crippen molar-refractivity contribution in [1.82, 2.24) is 0 Å². The van der Waals surface area contributed by atoms with Gasteiger partial charge in [0.15, 0.2) is 0 Å². The molecule has 0 nitrogen and oxygen atoms in total. The summed E-state index contributed by atoms with van der Waals surface area (Å²) < 4.78 is 0. The van der Waals surface area contributed by atoms with E-state index in [-0.39, 0.29) is 0 Å². The summed E-state index contributed by atoms with van der Waals surface area (Å²) in [7, 11) is 0. The Morgan fingerprint density at radius 1 is 0.500 bits per heavy atom. The highest BCUT2D eigenvalue weighted by Crippen LogP contribution is 2.31. The van der Waals surface area contributed by atoms with Crippen LogP contribution in [0.1, 0.15) is 89.9 Å². The van der Waals surface area contributed by atoms with Crippen LogP contribution >= 0.6 is 0 Å². The quantitative estimate of drug-likeness (QED) is 0.484. The maximum Gasteiger partial charge on any atom is -0.0414 e. The fourth-order valence-corrected chi connectivity index (χ4v) is 3.48. The third kappa shape index (κ3) is 4.47. The lowest BCUT2D eigenvalue weighted by Gasteiger charge is -2.25. The first-order valence-electron chi connectivity index (χ1n) is 7.95. The summed E-state index contributed by atoms with van der Waals surface area (Å²) in [6, 6.07) is 0. The van der Waals surface area contributed by atoms with Gasteiger partial charge in [-0.3, -0.25) is 0 Å². The van der Waals surface area contributed by atoms with Crippen molar-refractivity contribution in [2.75, 3.05) is 0 Å². The van der Waals surface area contributed by atoms with Crippen LogP contribution in [0.4, 0.5) is 0 Å². The zero-order valence-electron chi connectivity index (χ0n) is 11.1. The van der Waals surface area contributed by atoms with Crippen LogP contribution in [0.15, 0.2) is 0 Å². The lowest BCUT2D eigenvalue weighted by Crippen LogP contribution is -2.10. The second-order valence-corrected chi connectivity index (χ2v) is 6.29. The molecule has 0 amide bonds. The van der Waals surface area contributed by atoms with Gasteiger partial charge in [0.05, 0.1) is 0 Å². The molecule has 16 heavy (non-hydrogen) atoms. The highest BCUT2D eigenvalue weighted by atomic mass is 14.2. The van der Waals surface area contributed by atoms with Crippen LogP contribution in [0.2, 0.25) is 0 Å². The van der Waals surface area contributed by atoms with Crippen molar-refractivity contribution >= 4 is 0 Å². The minimum absolute atomic E-state index is 1.11. The van der Waals surface area contributed by atoms with Crippen molar-refractivity contribution in [2.45, 2.75) is 89.9 Å². The first-order chi connectivity index (χ1) is 7.95. The van der Waals surface area contributed by atoms with Gasteiger partial charge in [-0.2, -0.15) is 0 Å². The van der Waals surface area contributed by atoms with E-state index in [2.05, 4.69) is 0 Å². The first-order valence-corrected chi connectivity index (χ1v) is 7.95. The summed E-state index contributed by atoms with van der Waals surface area (Å²) in [6.07, 6.45) is 21.4. The van der Waals surface area contributed by atoms with Crippen molar-refractivity contribution < 1.29 is 0 Å². The smallest absolute Gasteiger partial charge is 0.0414 e. The van der Waals surface area contributed by atoms with Gasteiger partial charge in [0.1, 0.15) is 0 Å². The third-order valence-electron chi connectivity index (χ3n) is 4.92. The van der Waals surface area contributed by atoms with Crippen LogP contribution in [0.5, 0.6) is 0 Å². The van der Waals surface area contributed by atoms with Crippen LogP contribution in [0, 0.1) is 11.8 Å². The predicted molar refractivity (Wildman–Crippen MR) is 71.6 cm³/mol. The largest absolute Gasteiger partial charge is 0.0533 e. The minimum Gasteiger partial charge on any atom is -0.0533 e. The SMILES string of the molecule is C(CCCC1CCC1)CCC1CCCCC1. The van der Waals surface area contributed by atoms with Gasteiger partial charge in [0.25, 0.3) is 0 Å². The fraction of sp³-hybridized carbons (Fsp3) is 1.00. The van der Waals surface area contributed by atoms with Crippen molar-refractivity contribution in [2.24, 2.45) is 11.8 Å². The summed E-state index contributed by atoms with van der Waals surface area (Å²) in [6.45, 7) is 0. The lowest BCUT2D eigenvalue weighted by atomic mass is 9.81. The van der Waals surface area contributed by atoms with Crippen molar-refractivity contribution in [3.05, 3.63) is 0 Å². The van der Waals surface area contributed by atoms with Crippen molar-refractivity contribution in [3.8, 4) is 0 Å². The summed E-state index contributed by atoms with van der Waals surface area (Å²) in [5.41, 5.74) is 0.